The lowest BCUT2D eigenvalue weighted by Gasteiger charge is -2.36. The van der Waals surface area contributed by atoms with Crippen molar-refractivity contribution in [2.24, 2.45) is 0 Å². The van der Waals surface area contributed by atoms with E-state index in [-0.39, 0.29) is 11.9 Å². The number of carbonyl (C=O) groups is 1. The molecule has 25 heavy (non-hydrogen) atoms. The second-order valence-corrected chi connectivity index (χ2v) is 6.75. The lowest BCUT2D eigenvalue weighted by molar-refractivity contribution is 0.0583. The summed E-state index contributed by atoms with van der Waals surface area (Å²) >= 11 is 0. The Bertz CT molecular complexity index is 771. The van der Waals surface area contributed by atoms with Crippen LogP contribution in [0.4, 0.5) is 0 Å². The summed E-state index contributed by atoms with van der Waals surface area (Å²) in [6.45, 7) is 4.64. The van der Waals surface area contributed by atoms with Gasteiger partial charge in [-0.25, -0.2) is 0 Å². The molecule has 6 heteroatoms. The van der Waals surface area contributed by atoms with Gasteiger partial charge in [0.25, 0.3) is 5.91 Å². The van der Waals surface area contributed by atoms with Crippen molar-refractivity contribution in [2.75, 3.05) is 19.8 Å². The van der Waals surface area contributed by atoms with Gasteiger partial charge in [-0.1, -0.05) is 0 Å². The first-order valence-corrected chi connectivity index (χ1v) is 8.90. The summed E-state index contributed by atoms with van der Waals surface area (Å²) in [6.07, 6.45) is 7.09. The highest BCUT2D eigenvalue weighted by molar-refractivity contribution is 5.95. The fourth-order valence-electron chi connectivity index (χ4n) is 3.58. The number of likely N-dealkylation sites (tertiary alicyclic amines) is 1. The van der Waals surface area contributed by atoms with Crippen LogP contribution in [0.2, 0.25) is 0 Å². The number of rotatable bonds is 3. The van der Waals surface area contributed by atoms with Gasteiger partial charge in [-0.3, -0.25) is 9.48 Å². The summed E-state index contributed by atoms with van der Waals surface area (Å²) in [7, 11) is 0. The zero-order valence-electron chi connectivity index (χ0n) is 14.5. The molecule has 0 aliphatic carbocycles. The molecule has 1 atom stereocenters. The summed E-state index contributed by atoms with van der Waals surface area (Å²) in [5, 5.41) is 4.38. The number of hydrogen-bond donors (Lipinski definition) is 0. The first kappa shape index (κ1) is 16.0. The Kier molecular flexibility index (Phi) is 4.34. The quantitative estimate of drug-likeness (QED) is 0.861. The molecular weight excluding hydrogens is 318 g/mol. The van der Waals surface area contributed by atoms with Gasteiger partial charge in [0.1, 0.15) is 13.2 Å². The maximum absolute atomic E-state index is 13.1. The topological polar surface area (TPSA) is 56.6 Å². The van der Waals surface area contributed by atoms with E-state index in [2.05, 4.69) is 5.10 Å². The Balaban J connectivity index is 1.54. The molecule has 2 aromatic rings. The fourth-order valence-corrected chi connectivity index (χ4v) is 3.58. The van der Waals surface area contributed by atoms with Crippen molar-refractivity contribution in [3.63, 3.8) is 0 Å². The van der Waals surface area contributed by atoms with Gasteiger partial charge in [0.2, 0.25) is 0 Å². The predicted octanol–water partition coefficient (Wildman–Crippen LogP) is 2.66. The van der Waals surface area contributed by atoms with Gasteiger partial charge in [-0.15, -0.1) is 0 Å². The highest BCUT2D eigenvalue weighted by Gasteiger charge is 2.28. The monoisotopic (exact) mass is 341 g/mol. The molecule has 2 aliphatic heterocycles. The molecule has 1 aromatic heterocycles. The lowest BCUT2D eigenvalue weighted by atomic mass is 10.0. The van der Waals surface area contributed by atoms with Crippen LogP contribution in [-0.4, -0.2) is 46.4 Å². The lowest BCUT2D eigenvalue weighted by Crippen LogP contribution is -2.46. The highest BCUT2D eigenvalue weighted by atomic mass is 16.6. The van der Waals surface area contributed by atoms with Crippen LogP contribution in [0.5, 0.6) is 11.5 Å². The van der Waals surface area contributed by atoms with E-state index in [0.29, 0.717) is 30.3 Å². The molecule has 0 spiro atoms. The first-order chi connectivity index (χ1) is 12.2. The molecule has 1 saturated heterocycles. The van der Waals surface area contributed by atoms with Crippen molar-refractivity contribution in [3.05, 3.63) is 41.7 Å². The summed E-state index contributed by atoms with van der Waals surface area (Å²) < 4.78 is 13.1. The van der Waals surface area contributed by atoms with Crippen LogP contribution >= 0.6 is 0 Å². The van der Waals surface area contributed by atoms with Crippen molar-refractivity contribution >= 4 is 5.91 Å². The largest absolute Gasteiger partial charge is 0.486 e. The van der Waals surface area contributed by atoms with Gasteiger partial charge in [-0.2, -0.15) is 5.10 Å². The number of nitrogens with zero attached hydrogens (tertiary/aromatic N) is 3. The molecule has 1 amide bonds. The van der Waals surface area contributed by atoms with Crippen molar-refractivity contribution in [3.8, 4) is 11.5 Å². The molecule has 0 N–H and O–H groups in total. The SMILES string of the molecule is Cc1cnn(C[C@@H]2CCCCN2C(=O)c2ccc3c(c2)OCCO3)c1. The Morgan fingerprint density at radius 2 is 2.08 bits per heavy atom. The van der Waals surface area contributed by atoms with Crippen LogP contribution < -0.4 is 9.47 Å². The second-order valence-electron chi connectivity index (χ2n) is 6.75. The van der Waals surface area contributed by atoms with Crippen LogP contribution in [0.15, 0.2) is 30.6 Å². The maximum atomic E-state index is 13.1. The van der Waals surface area contributed by atoms with Crippen LogP contribution in [0.3, 0.4) is 0 Å². The molecule has 0 saturated carbocycles. The van der Waals surface area contributed by atoms with Crippen molar-refractivity contribution in [2.45, 2.75) is 38.8 Å². The van der Waals surface area contributed by atoms with Gasteiger partial charge in [0.05, 0.1) is 18.8 Å². The van der Waals surface area contributed by atoms with Crippen molar-refractivity contribution < 1.29 is 14.3 Å². The first-order valence-electron chi connectivity index (χ1n) is 8.90. The Morgan fingerprint density at radius 3 is 2.88 bits per heavy atom. The summed E-state index contributed by atoms with van der Waals surface area (Å²) in [4.78, 5) is 15.1. The van der Waals surface area contributed by atoms with Gasteiger partial charge in [-0.05, 0) is 49.9 Å². The van der Waals surface area contributed by atoms with E-state index in [1.54, 1.807) is 6.07 Å². The van der Waals surface area contributed by atoms with Crippen LogP contribution in [0, 0.1) is 6.92 Å². The van der Waals surface area contributed by atoms with Gasteiger partial charge >= 0.3 is 0 Å². The second kappa shape index (κ2) is 6.78. The number of ether oxygens (including phenoxy) is 2. The molecule has 1 aromatic carbocycles. The summed E-state index contributed by atoms with van der Waals surface area (Å²) in [5.74, 6) is 1.43. The minimum Gasteiger partial charge on any atom is -0.486 e. The number of aryl methyl sites for hydroxylation is 1. The zero-order valence-corrected chi connectivity index (χ0v) is 14.5. The van der Waals surface area contributed by atoms with E-state index < -0.39 is 0 Å². The minimum absolute atomic E-state index is 0.0607. The smallest absolute Gasteiger partial charge is 0.254 e. The maximum Gasteiger partial charge on any atom is 0.254 e. The molecule has 4 rings (SSSR count). The van der Waals surface area contributed by atoms with E-state index in [0.717, 1.165) is 37.9 Å². The standard InChI is InChI=1S/C19H23N3O3/c1-14-11-20-21(12-14)13-16-4-2-3-7-22(16)19(23)15-5-6-17-18(10-15)25-9-8-24-17/h5-6,10-12,16H,2-4,7-9,13H2,1H3/t16-/m0/s1. The van der Waals surface area contributed by atoms with Crippen LogP contribution in [-0.2, 0) is 6.54 Å². The van der Waals surface area contributed by atoms with E-state index in [4.69, 9.17) is 9.47 Å². The molecule has 3 heterocycles. The van der Waals surface area contributed by atoms with E-state index >= 15 is 0 Å². The molecule has 1 fully saturated rings. The van der Waals surface area contributed by atoms with Crippen molar-refractivity contribution in [1.82, 2.24) is 14.7 Å². The molecule has 6 nitrogen and oxygen atoms in total. The average Bonchev–Trinajstić information content (AvgIpc) is 3.06. The minimum atomic E-state index is 0.0607. The number of hydrogen-bond acceptors (Lipinski definition) is 4. The third-order valence-electron chi connectivity index (χ3n) is 4.84. The Morgan fingerprint density at radius 1 is 1.24 bits per heavy atom. The number of benzene rings is 1. The number of fused-ring (bicyclic) bond motifs is 1. The van der Waals surface area contributed by atoms with Crippen LogP contribution in [0.1, 0.15) is 35.2 Å². The number of amides is 1. The third-order valence-corrected chi connectivity index (χ3v) is 4.84. The average molecular weight is 341 g/mol. The number of piperidine rings is 1. The third kappa shape index (κ3) is 3.34. The predicted molar refractivity (Wildman–Crippen MR) is 93.1 cm³/mol. The van der Waals surface area contributed by atoms with Gasteiger partial charge < -0.3 is 14.4 Å². The highest BCUT2D eigenvalue weighted by Crippen LogP contribution is 2.32. The van der Waals surface area contributed by atoms with E-state index in [1.165, 1.54) is 0 Å². The number of aromatic nitrogens is 2. The molecular formula is C19H23N3O3. The Hall–Kier alpha value is -2.50. The van der Waals surface area contributed by atoms with E-state index in [1.807, 2.05) is 41.0 Å². The Labute approximate surface area is 147 Å². The van der Waals surface area contributed by atoms with Crippen molar-refractivity contribution in [1.29, 1.82) is 0 Å². The number of carbonyl (C=O) groups excluding carboxylic acids is 1. The summed E-state index contributed by atoms with van der Waals surface area (Å²) in [5.41, 5.74) is 1.80. The molecule has 0 unspecified atom stereocenters. The molecule has 132 valence electrons. The summed E-state index contributed by atoms with van der Waals surface area (Å²) in [6, 6.07) is 5.64. The van der Waals surface area contributed by atoms with Gasteiger partial charge in [0.15, 0.2) is 11.5 Å². The molecule has 2 aliphatic rings. The van der Waals surface area contributed by atoms with Crippen LogP contribution in [0.25, 0.3) is 0 Å². The normalized spacial score (nSPS) is 19.7. The molecule has 0 radical (unpaired) electrons. The zero-order chi connectivity index (χ0) is 17.2. The van der Waals surface area contributed by atoms with E-state index in [9.17, 15) is 4.79 Å². The fraction of sp³-hybridized carbons (Fsp3) is 0.474. The van der Waals surface area contributed by atoms with Gasteiger partial charge in [0, 0.05) is 18.3 Å². The molecule has 0 bridgehead atoms.